The molecule has 1 aromatic carbocycles. The third-order valence-corrected chi connectivity index (χ3v) is 2.13. The first-order chi connectivity index (χ1) is 6.66. The first-order valence-corrected chi connectivity index (χ1v) is 4.42. The Balaban J connectivity index is 2.23. The number of halogens is 1. The topological polar surface area (TPSA) is 21.7 Å². The fourth-order valence-electron chi connectivity index (χ4n) is 1.29. The molecule has 1 heterocycles. The second-order valence-corrected chi connectivity index (χ2v) is 3.44. The molecule has 1 aromatic rings. The van der Waals surface area contributed by atoms with Gasteiger partial charge in [-0.25, -0.2) is 4.39 Å². The molecule has 1 atom stereocenters. The molecule has 1 unspecified atom stereocenters. The highest BCUT2D eigenvalue weighted by Crippen LogP contribution is 2.32. The van der Waals surface area contributed by atoms with Crippen molar-refractivity contribution >= 4 is 0 Å². The van der Waals surface area contributed by atoms with Gasteiger partial charge in [0, 0.05) is 6.07 Å². The minimum absolute atomic E-state index is 0.104. The van der Waals surface area contributed by atoms with E-state index < -0.39 is 0 Å². The van der Waals surface area contributed by atoms with E-state index in [1.54, 1.807) is 6.07 Å². The summed E-state index contributed by atoms with van der Waals surface area (Å²) < 4.78 is 23.8. The van der Waals surface area contributed by atoms with E-state index in [1.165, 1.54) is 12.1 Å². The van der Waals surface area contributed by atoms with Crippen molar-refractivity contribution in [2.24, 2.45) is 0 Å². The molecule has 0 radical (unpaired) electrons. The Morgan fingerprint density at radius 2 is 2.14 bits per heavy atom. The summed E-state index contributed by atoms with van der Waals surface area (Å²) in [5.74, 6) is 0.759. The first kappa shape index (κ1) is 9.27. The molecule has 1 aliphatic rings. The molecule has 0 spiro atoms. The molecule has 76 valence electrons. The Hall–Kier alpha value is -1.29. The van der Waals surface area contributed by atoms with Crippen molar-refractivity contribution in [2.45, 2.75) is 6.23 Å². The molecular formula is C10H12FNO2. The van der Waals surface area contributed by atoms with Crippen molar-refractivity contribution in [3.05, 3.63) is 24.0 Å². The minimum Gasteiger partial charge on any atom is -0.484 e. The zero-order valence-corrected chi connectivity index (χ0v) is 8.16. The van der Waals surface area contributed by atoms with Gasteiger partial charge in [0.2, 0.25) is 0 Å². The molecule has 0 aliphatic carbocycles. The van der Waals surface area contributed by atoms with E-state index in [0.717, 1.165) is 0 Å². The Morgan fingerprint density at radius 3 is 2.86 bits per heavy atom. The van der Waals surface area contributed by atoms with Gasteiger partial charge in [-0.15, -0.1) is 0 Å². The van der Waals surface area contributed by atoms with Crippen LogP contribution in [0.5, 0.6) is 11.5 Å². The molecule has 1 aliphatic heterocycles. The average Bonchev–Trinajstić information content (AvgIpc) is 2.16. The van der Waals surface area contributed by atoms with Gasteiger partial charge in [-0.3, -0.25) is 4.90 Å². The number of hydrogen-bond acceptors (Lipinski definition) is 3. The number of fused-ring (bicyclic) bond motifs is 1. The van der Waals surface area contributed by atoms with Crippen molar-refractivity contribution in [3.8, 4) is 11.5 Å². The highest BCUT2D eigenvalue weighted by Gasteiger charge is 2.22. The van der Waals surface area contributed by atoms with Crippen LogP contribution in [0.15, 0.2) is 18.2 Å². The first-order valence-electron chi connectivity index (χ1n) is 4.42. The van der Waals surface area contributed by atoms with E-state index in [1.807, 2.05) is 19.0 Å². The predicted molar refractivity (Wildman–Crippen MR) is 50.0 cm³/mol. The largest absolute Gasteiger partial charge is 0.484 e. The van der Waals surface area contributed by atoms with Crippen molar-refractivity contribution in [2.75, 3.05) is 20.7 Å². The van der Waals surface area contributed by atoms with E-state index in [9.17, 15) is 4.39 Å². The van der Waals surface area contributed by atoms with Gasteiger partial charge in [0.1, 0.15) is 12.4 Å². The number of ether oxygens (including phenoxy) is 2. The lowest BCUT2D eigenvalue weighted by molar-refractivity contribution is -0.00219. The monoisotopic (exact) mass is 197 g/mol. The lowest BCUT2D eigenvalue weighted by Crippen LogP contribution is -2.41. The van der Waals surface area contributed by atoms with Crippen molar-refractivity contribution < 1.29 is 13.9 Å². The van der Waals surface area contributed by atoms with Crippen LogP contribution in [-0.4, -0.2) is 31.8 Å². The van der Waals surface area contributed by atoms with Gasteiger partial charge in [0.05, 0.1) is 0 Å². The Labute approximate surface area is 82.0 Å². The molecule has 0 amide bonds. The summed E-state index contributed by atoms with van der Waals surface area (Å²) in [6.07, 6.45) is -0.104. The van der Waals surface area contributed by atoms with Crippen molar-refractivity contribution in [1.29, 1.82) is 0 Å². The maximum atomic E-state index is 12.8. The molecule has 0 saturated carbocycles. The van der Waals surface area contributed by atoms with E-state index in [2.05, 4.69) is 0 Å². The number of hydrogen-bond donors (Lipinski definition) is 0. The average molecular weight is 197 g/mol. The van der Waals surface area contributed by atoms with E-state index in [0.29, 0.717) is 18.1 Å². The Morgan fingerprint density at radius 1 is 1.36 bits per heavy atom. The fourth-order valence-corrected chi connectivity index (χ4v) is 1.29. The summed E-state index contributed by atoms with van der Waals surface area (Å²) in [5.41, 5.74) is 0. The standard InChI is InChI=1S/C10H12FNO2/c1-12(2)10-6-13-9-5-7(11)3-4-8(9)14-10/h3-5,10H,6H2,1-2H3. The zero-order chi connectivity index (χ0) is 10.1. The van der Waals surface area contributed by atoms with Crippen LogP contribution in [0.25, 0.3) is 0 Å². The molecule has 4 heteroatoms. The SMILES string of the molecule is CN(C)C1COc2cc(F)ccc2O1. The summed E-state index contributed by atoms with van der Waals surface area (Å²) in [6.45, 7) is 0.420. The summed E-state index contributed by atoms with van der Waals surface area (Å²) in [7, 11) is 3.81. The molecule has 2 rings (SSSR count). The van der Waals surface area contributed by atoms with Crippen LogP contribution in [0.4, 0.5) is 4.39 Å². The van der Waals surface area contributed by atoms with Gasteiger partial charge < -0.3 is 9.47 Å². The van der Waals surface area contributed by atoms with Crippen molar-refractivity contribution in [3.63, 3.8) is 0 Å². The van der Waals surface area contributed by atoms with E-state index >= 15 is 0 Å². The predicted octanol–water partition coefficient (Wildman–Crippen LogP) is 1.48. The number of benzene rings is 1. The lowest BCUT2D eigenvalue weighted by Gasteiger charge is -2.30. The number of nitrogens with zero attached hydrogens (tertiary/aromatic N) is 1. The maximum absolute atomic E-state index is 12.8. The number of likely N-dealkylation sites (N-methyl/N-ethyl adjacent to an activating group) is 1. The van der Waals surface area contributed by atoms with E-state index in [4.69, 9.17) is 9.47 Å². The molecule has 0 fully saturated rings. The molecule has 0 bridgehead atoms. The van der Waals surface area contributed by atoms with Gasteiger partial charge in [-0.05, 0) is 26.2 Å². The van der Waals surface area contributed by atoms with Crippen molar-refractivity contribution in [1.82, 2.24) is 4.90 Å². The van der Waals surface area contributed by atoms with Gasteiger partial charge >= 0.3 is 0 Å². The summed E-state index contributed by atoms with van der Waals surface area (Å²) in [6, 6.07) is 4.28. The summed E-state index contributed by atoms with van der Waals surface area (Å²) >= 11 is 0. The third-order valence-electron chi connectivity index (χ3n) is 2.13. The van der Waals surface area contributed by atoms with Gasteiger partial charge in [-0.1, -0.05) is 0 Å². The number of rotatable bonds is 1. The van der Waals surface area contributed by atoms with Crippen LogP contribution in [0.1, 0.15) is 0 Å². The molecular weight excluding hydrogens is 185 g/mol. The van der Waals surface area contributed by atoms with Gasteiger partial charge in [0.15, 0.2) is 17.7 Å². The van der Waals surface area contributed by atoms with Crippen LogP contribution < -0.4 is 9.47 Å². The van der Waals surface area contributed by atoms with Gasteiger partial charge in [0.25, 0.3) is 0 Å². The van der Waals surface area contributed by atoms with Crippen LogP contribution in [0.2, 0.25) is 0 Å². The Bertz CT molecular complexity index is 341. The highest BCUT2D eigenvalue weighted by atomic mass is 19.1. The highest BCUT2D eigenvalue weighted by molar-refractivity contribution is 5.41. The van der Waals surface area contributed by atoms with Crippen LogP contribution >= 0.6 is 0 Å². The maximum Gasteiger partial charge on any atom is 0.186 e. The normalized spacial score (nSPS) is 19.9. The molecule has 0 saturated heterocycles. The lowest BCUT2D eigenvalue weighted by atomic mass is 10.3. The Kier molecular flexibility index (Phi) is 2.29. The fraction of sp³-hybridized carbons (Fsp3) is 0.400. The third kappa shape index (κ3) is 1.65. The summed E-state index contributed by atoms with van der Waals surface area (Å²) in [4.78, 5) is 1.91. The molecule has 0 N–H and O–H groups in total. The molecule has 3 nitrogen and oxygen atoms in total. The van der Waals surface area contributed by atoms with Crippen LogP contribution in [-0.2, 0) is 0 Å². The zero-order valence-electron chi connectivity index (χ0n) is 8.16. The smallest absolute Gasteiger partial charge is 0.186 e. The molecule has 0 aromatic heterocycles. The minimum atomic E-state index is -0.310. The quantitative estimate of drug-likeness (QED) is 0.680. The second-order valence-electron chi connectivity index (χ2n) is 3.44. The van der Waals surface area contributed by atoms with E-state index in [-0.39, 0.29) is 12.0 Å². The molecule has 14 heavy (non-hydrogen) atoms. The van der Waals surface area contributed by atoms with Crippen LogP contribution in [0, 0.1) is 5.82 Å². The summed E-state index contributed by atoms with van der Waals surface area (Å²) in [5, 5.41) is 0. The van der Waals surface area contributed by atoms with Gasteiger partial charge in [-0.2, -0.15) is 0 Å². The second kappa shape index (κ2) is 3.46. The van der Waals surface area contributed by atoms with Crippen LogP contribution in [0.3, 0.4) is 0 Å².